The monoisotopic (exact) mass is 339 g/mol. The van der Waals surface area contributed by atoms with Crippen molar-refractivity contribution < 1.29 is 14.7 Å². The minimum absolute atomic E-state index is 0.0550. The molecule has 3 rings (SSSR count). The molecule has 0 saturated carbocycles. The normalized spacial score (nSPS) is 14.1. The summed E-state index contributed by atoms with van der Waals surface area (Å²) >= 11 is 0. The molecule has 25 heavy (non-hydrogen) atoms. The van der Waals surface area contributed by atoms with Gasteiger partial charge in [-0.25, -0.2) is 14.8 Å². The highest BCUT2D eigenvalue weighted by Gasteiger charge is 2.24. The average molecular weight is 339 g/mol. The lowest BCUT2D eigenvalue weighted by Crippen LogP contribution is -2.36. The van der Waals surface area contributed by atoms with Gasteiger partial charge in [-0.1, -0.05) is 39.0 Å². The van der Waals surface area contributed by atoms with E-state index in [9.17, 15) is 9.59 Å². The fraction of sp³-hybridized carbons (Fsp3) is 0.368. The zero-order valence-electron chi connectivity index (χ0n) is 14.6. The molecule has 0 radical (unpaired) electrons. The van der Waals surface area contributed by atoms with E-state index in [-0.39, 0.29) is 22.7 Å². The van der Waals surface area contributed by atoms with Gasteiger partial charge in [-0.3, -0.25) is 4.79 Å². The Morgan fingerprint density at radius 2 is 1.76 bits per heavy atom. The Morgan fingerprint density at radius 3 is 2.36 bits per heavy atom. The number of carbonyl (C=O) groups is 2. The molecule has 0 bridgehead atoms. The number of aromatic carboxylic acids is 1. The van der Waals surface area contributed by atoms with Gasteiger partial charge in [-0.05, 0) is 28.5 Å². The Hall–Kier alpha value is -2.76. The summed E-state index contributed by atoms with van der Waals surface area (Å²) in [6.07, 6.45) is 3.14. The van der Waals surface area contributed by atoms with Crippen molar-refractivity contribution in [3.05, 3.63) is 58.7 Å². The number of carboxylic acids is 1. The second-order valence-corrected chi connectivity index (χ2v) is 7.30. The van der Waals surface area contributed by atoms with Crippen LogP contribution in [0.25, 0.3) is 0 Å². The molecule has 2 heterocycles. The predicted octanol–water partition coefficient (Wildman–Crippen LogP) is 2.67. The average Bonchev–Trinajstić information content (AvgIpc) is 2.59. The summed E-state index contributed by atoms with van der Waals surface area (Å²) in [5.74, 6) is -1.38. The fourth-order valence-electron chi connectivity index (χ4n) is 2.91. The summed E-state index contributed by atoms with van der Waals surface area (Å²) in [4.78, 5) is 32.9. The number of hydrogen-bond acceptors (Lipinski definition) is 4. The zero-order chi connectivity index (χ0) is 18.2. The molecule has 0 aliphatic carbocycles. The number of hydrogen-bond donors (Lipinski definition) is 1. The van der Waals surface area contributed by atoms with Crippen molar-refractivity contribution in [3.8, 4) is 0 Å². The summed E-state index contributed by atoms with van der Waals surface area (Å²) in [5.41, 5.74) is 3.72. The molecule has 0 unspecified atom stereocenters. The highest BCUT2D eigenvalue weighted by Crippen LogP contribution is 2.28. The fourth-order valence-corrected chi connectivity index (χ4v) is 2.91. The number of aromatic nitrogens is 2. The van der Waals surface area contributed by atoms with E-state index in [1.807, 2.05) is 0 Å². The Morgan fingerprint density at radius 1 is 1.08 bits per heavy atom. The first-order valence-corrected chi connectivity index (χ1v) is 8.22. The van der Waals surface area contributed by atoms with E-state index in [1.165, 1.54) is 17.3 Å². The van der Waals surface area contributed by atoms with Crippen molar-refractivity contribution in [3.63, 3.8) is 0 Å². The third-order valence-corrected chi connectivity index (χ3v) is 4.46. The highest BCUT2D eigenvalue weighted by atomic mass is 16.4. The maximum Gasteiger partial charge on any atom is 0.356 e. The van der Waals surface area contributed by atoms with E-state index >= 15 is 0 Å². The van der Waals surface area contributed by atoms with Gasteiger partial charge in [0.2, 0.25) is 0 Å². The summed E-state index contributed by atoms with van der Waals surface area (Å²) in [7, 11) is 0. The van der Waals surface area contributed by atoms with Gasteiger partial charge in [0.15, 0.2) is 5.69 Å². The quantitative estimate of drug-likeness (QED) is 0.909. The van der Waals surface area contributed by atoms with Gasteiger partial charge in [-0.15, -0.1) is 0 Å². The van der Waals surface area contributed by atoms with Crippen LogP contribution in [0.15, 0.2) is 30.6 Å². The van der Waals surface area contributed by atoms with Crippen LogP contribution < -0.4 is 0 Å². The molecule has 0 fully saturated rings. The molecule has 1 amide bonds. The van der Waals surface area contributed by atoms with Gasteiger partial charge in [0.05, 0.1) is 12.4 Å². The lowest BCUT2D eigenvalue weighted by molar-refractivity contribution is 0.0683. The van der Waals surface area contributed by atoms with Crippen molar-refractivity contribution >= 4 is 11.9 Å². The minimum Gasteiger partial charge on any atom is -0.476 e. The number of benzene rings is 1. The minimum atomic E-state index is -1.16. The zero-order valence-corrected chi connectivity index (χ0v) is 14.6. The van der Waals surface area contributed by atoms with Crippen LogP contribution >= 0.6 is 0 Å². The first-order valence-electron chi connectivity index (χ1n) is 8.22. The highest BCUT2D eigenvalue weighted by molar-refractivity contribution is 5.93. The van der Waals surface area contributed by atoms with Gasteiger partial charge in [0.25, 0.3) is 5.91 Å². The van der Waals surface area contributed by atoms with Crippen molar-refractivity contribution in [1.29, 1.82) is 0 Å². The molecule has 0 atom stereocenters. The van der Waals surface area contributed by atoms with E-state index < -0.39 is 5.97 Å². The van der Waals surface area contributed by atoms with Crippen molar-refractivity contribution in [2.45, 2.75) is 39.2 Å². The van der Waals surface area contributed by atoms with Crippen LogP contribution in [0.3, 0.4) is 0 Å². The molecule has 1 aliphatic rings. The van der Waals surface area contributed by atoms with Gasteiger partial charge in [-0.2, -0.15) is 0 Å². The number of carboxylic acid groups (broad SMARTS) is 1. The largest absolute Gasteiger partial charge is 0.476 e. The molecule has 6 heteroatoms. The van der Waals surface area contributed by atoms with Crippen LogP contribution in [0.4, 0.5) is 0 Å². The lowest BCUT2D eigenvalue weighted by atomic mass is 9.84. The summed E-state index contributed by atoms with van der Waals surface area (Å²) in [6.45, 7) is 7.64. The standard InChI is InChI=1S/C19H21N3O3/c1-19(2,3)14-5-4-12-6-7-22(11-13(12)8-14)17(23)15-9-21-16(10-20-15)18(24)25/h4-5,8-10H,6-7,11H2,1-3H3,(H,24,25). The van der Waals surface area contributed by atoms with E-state index in [0.717, 1.165) is 18.2 Å². The van der Waals surface area contributed by atoms with Crippen molar-refractivity contribution in [2.75, 3.05) is 6.54 Å². The Bertz CT molecular complexity index is 823. The smallest absolute Gasteiger partial charge is 0.356 e. The van der Waals surface area contributed by atoms with Crippen LogP contribution in [0.5, 0.6) is 0 Å². The van der Waals surface area contributed by atoms with Gasteiger partial charge in [0.1, 0.15) is 5.69 Å². The van der Waals surface area contributed by atoms with Gasteiger partial charge >= 0.3 is 5.97 Å². The number of amides is 1. The molecule has 0 saturated heterocycles. The molecule has 1 aliphatic heterocycles. The number of nitrogens with zero attached hydrogens (tertiary/aromatic N) is 3. The van der Waals surface area contributed by atoms with Crippen molar-refractivity contribution in [1.82, 2.24) is 14.9 Å². The molecule has 1 N–H and O–H groups in total. The van der Waals surface area contributed by atoms with Gasteiger partial charge < -0.3 is 10.0 Å². The van der Waals surface area contributed by atoms with Crippen LogP contribution in [0.1, 0.15) is 58.4 Å². The van der Waals surface area contributed by atoms with Crippen LogP contribution in [-0.2, 0) is 18.4 Å². The predicted molar refractivity (Wildman–Crippen MR) is 92.6 cm³/mol. The van der Waals surface area contributed by atoms with Crippen molar-refractivity contribution in [2.24, 2.45) is 0 Å². The Labute approximate surface area is 146 Å². The molecule has 2 aromatic rings. The lowest BCUT2D eigenvalue weighted by Gasteiger charge is -2.30. The van der Waals surface area contributed by atoms with E-state index in [2.05, 4.69) is 48.9 Å². The first-order chi connectivity index (χ1) is 11.8. The SMILES string of the molecule is CC(C)(C)c1ccc2c(c1)CN(C(=O)c1cnc(C(=O)O)cn1)CC2. The van der Waals surface area contributed by atoms with Crippen LogP contribution in [0.2, 0.25) is 0 Å². The molecule has 130 valence electrons. The molecule has 1 aromatic carbocycles. The second kappa shape index (κ2) is 6.27. The summed E-state index contributed by atoms with van der Waals surface area (Å²) < 4.78 is 0. The number of rotatable bonds is 2. The molecular formula is C19H21N3O3. The topological polar surface area (TPSA) is 83.4 Å². The Balaban J connectivity index is 1.81. The molecular weight excluding hydrogens is 318 g/mol. The van der Waals surface area contributed by atoms with Crippen LogP contribution in [0, 0.1) is 0 Å². The summed E-state index contributed by atoms with van der Waals surface area (Å²) in [6, 6.07) is 6.49. The van der Waals surface area contributed by atoms with Gasteiger partial charge in [0, 0.05) is 13.1 Å². The summed E-state index contributed by atoms with van der Waals surface area (Å²) in [5, 5.41) is 8.87. The maximum atomic E-state index is 12.6. The first kappa shape index (κ1) is 17.1. The number of fused-ring (bicyclic) bond motifs is 1. The third kappa shape index (κ3) is 3.52. The molecule has 1 aromatic heterocycles. The number of carbonyl (C=O) groups excluding carboxylic acids is 1. The van der Waals surface area contributed by atoms with Crippen LogP contribution in [-0.4, -0.2) is 38.4 Å². The molecule has 6 nitrogen and oxygen atoms in total. The van der Waals surface area contributed by atoms with E-state index in [1.54, 1.807) is 4.90 Å². The second-order valence-electron chi connectivity index (χ2n) is 7.30. The Kier molecular flexibility index (Phi) is 4.29. The molecule has 0 spiro atoms. The van der Waals surface area contributed by atoms with E-state index in [0.29, 0.717) is 13.1 Å². The maximum absolute atomic E-state index is 12.6. The van der Waals surface area contributed by atoms with E-state index in [4.69, 9.17) is 5.11 Å². The third-order valence-electron chi connectivity index (χ3n) is 4.46.